The van der Waals surface area contributed by atoms with Gasteiger partial charge in [0, 0.05) is 11.8 Å². The molecule has 0 aliphatic carbocycles. The molecule has 0 N–H and O–H groups in total. The highest BCUT2D eigenvalue weighted by Crippen LogP contribution is 2.38. The van der Waals surface area contributed by atoms with E-state index in [9.17, 15) is 0 Å². The van der Waals surface area contributed by atoms with Gasteiger partial charge in [0.15, 0.2) is 0 Å². The van der Waals surface area contributed by atoms with Gasteiger partial charge in [0.05, 0.1) is 0 Å². The van der Waals surface area contributed by atoms with Crippen molar-refractivity contribution in [1.29, 1.82) is 0 Å². The van der Waals surface area contributed by atoms with Crippen LogP contribution >= 0.6 is 0 Å². The largest absolute Gasteiger partial charge is 0.489 e. The second kappa shape index (κ2) is 4.16. The average molecular weight is 238 g/mol. The first kappa shape index (κ1) is 11.3. The van der Waals surface area contributed by atoms with Gasteiger partial charge in [0.1, 0.15) is 11.9 Å². The van der Waals surface area contributed by atoms with E-state index < -0.39 is 0 Å². The van der Waals surface area contributed by atoms with Crippen LogP contribution in [0.25, 0.3) is 0 Å². The highest BCUT2D eigenvalue weighted by Gasteiger charge is 2.37. The van der Waals surface area contributed by atoms with Gasteiger partial charge in [-0.3, -0.25) is 0 Å². The van der Waals surface area contributed by atoms with Gasteiger partial charge < -0.3 is 4.74 Å². The van der Waals surface area contributed by atoms with Gasteiger partial charge >= 0.3 is 0 Å². The summed E-state index contributed by atoms with van der Waals surface area (Å²) in [6.07, 6.45) is 1.22. The summed E-state index contributed by atoms with van der Waals surface area (Å²) in [5.74, 6) is 1.05. The zero-order chi connectivity index (χ0) is 12.6. The first-order valence-electron chi connectivity index (χ1n) is 6.48. The molecule has 0 fully saturated rings. The van der Waals surface area contributed by atoms with E-state index in [0.717, 1.165) is 12.2 Å². The van der Waals surface area contributed by atoms with Gasteiger partial charge in [-0.1, -0.05) is 62.4 Å². The fourth-order valence-electron chi connectivity index (χ4n) is 2.64. The topological polar surface area (TPSA) is 9.23 Å². The molecule has 0 spiro atoms. The molecule has 3 rings (SSSR count). The third-order valence-electron chi connectivity index (χ3n) is 3.97. The number of ether oxygens (including phenoxy) is 1. The molecule has 0 saturated carbocycles. The maximum atomic E-state index is 6.13. The van der Waals surface area contributed by atoms with Gasteiger partial charge in [0.25, 0.3) is 0 Å². The van der Waals surface area contributed by atoms with Crippen molar-refractivity contribution < 1.29 is 4.74 Å². The molecule has 92 valence electrons. The van der Waals surface area contributed by atoms with E-state index in [1.54, 1.807) is 0 Å². The first-order valence-corrected chi connectivity index (χ1v) is 6.48. The van der Waals surface area contributed by atoms with Crippen molar-refractivity contribution in [2.75, 3.05) is 0 Å². The van der Waals surface area contributed by atoms with Crippen LogP contribution in [-0.4, -0.2) is 6.10 Å². The van der Waals surface area contributed by atoms with E-state index >= 15 is 0 Å². The number of para-hydroxylation sites is 1. The number of hydrogen-bond acceptors (Lipinski definition) is 1. The summed E-state index contributed by atoms with van der Waals surface area (Å²) in [5, 5.41) is 0. The Morgan fingerprint density at radius 1 is 0.944 bits per heavy atom. The highest BCUT2D eigenvalue weighted by molar-refractivity contribution is 5.39. The third-order valence-corrected chi connectivity index (χ3v) is 3.97. The molecule has 2 aromatic rings. The van der Waals surface area contributed by atoms with Crippen molar-refractivity contribution in [2.24, 2.45) is 0 Å². The van der Waals surface area contributed by atoms with E-state index in [4.69, 9.17) is 4.74 Å². The highest BCUT2D eigenvalue weighted by atomic mass is 16.5. The summed E-state index contributed by atoms with van der Waals surface area (Å²) in [4.78, 5) is 0. The maximum absolute atomic E-state index is 6.13. The average Bonchev–Trinajstić information content (AvgIpc) is 2.84. The van der Waals surface area contributed by atoms with E-state index in [2.05, 4.69) is 62.4 Å². The molecule has 1 aliphatic rings. The quantitative estimate of drug-likeness (QED) is 0.769. The third kappa shape index (κ3) is 1.80. The predicted molar refractivity (Wildman–Crippen MR) is 74.0 cm³/mol. The Balaban J connectivity index is 1.90. The summed E-state index contributed by atoms with van der Waals surface area (Å²) < 4.78 is 6.13. The van der Waals surface area contributed by atoms with Gasteiger partial charge in [0.2, 0.25) is 0 Å². The minimum Gasteiger partial charge on any atom is -0.489 e. The van der Waals surface area contributed by atoms with Crippen molar-refractivity contribution in [2.45, 2.75) is 31.8 Å². The lowest BCUT2D eigenvalue weighted by molar-refractivity contribution is 0.149. The van der Waals surface area contributed by atoms with Crippen molar-refractivity contribution >= 4 is 0 Å². The Morgan fingerprint density at radius 2 is 1.61 bits per heavy atom. The summed E-state index contributed by atoms with van der Waals surface area (Å²) in [6.45, 7) is 4.53. The summed E-state index contributed by atoms with van der Waals surface area (Å²) in [5.41, 5.74) is 2.69. The summed E-state index contributed by atoms with van der Waals surface area (Å²) in [7, 11) is 0. The van der Waals surface area contributed by atoms with E-state index in [0.29, 0.717) is 0 Å². The van der Waals surface area contributed by atoms with Crippen molar-refractivity contribution in [3.8, 4) is 5.75 Å². The van der Waals surface area contributed by atoms with Crippen LogP contribution in [0.1, 0.15) is 25.0 Å². The second-order valence-electron chi connectivity index (χ2n) is 5.51. The molecule has 1 heteroatoms. The standard InChI is InChI=1S/C17H18O/c1-17(2,14-9-4-3-5-10-14)16-12-13-8-6-7-11-15(13)18-16/h3-11,16H,12H2,1-2H3. The molecule has 18 heavy (non-hydrogen) atoms. The number of hydrogen-bond donors (Lipinski definition) is 0. The Bertz CT molecular complexity index is 518. The van der Waals surface area contributed by atoms with Crippen LogP contribution in [0.3, 0.4) is 0 Å². The fourth-order valence-corrected chi connectivity index (χ4v) is 2.64. The molecule has 1 atom stereocenters. The van der Waals surface area contributed by atoms with Crippen LogP contribution in [0.15, 0.2) is 54.6 Å². The lowest BCUT2D eigenvalue weighted by atomic mass is 9.78. The van der Waals surface area contributed by atoms with E-state index in [-0.39, 0.29) is 11.5 Å². The molecule has 1 nitrogen and oxygen atoms in total. The Morgan fingerprint density at radius 3 is 2.33 bits per heavy atom. The molecular formula is C17H18O. The molecule has 1 aliphatic heterocycles. The molecule has 0 radical (unpaired) electrons. The van der Waals surface area contributed by atoms with Crippen molar-refractivity contribution in [1.82, 2.24) is 0 Å². The summed E-state index contributed by atoms with van der Waals surface area (Å²) in [6, 6.07) is 19.0. The SMILES string of the molecule is CC(C)(c1ccccc1)C1Cc2ccccc2O1. The van der Waals surface area contributed by atoms with Crippen molar-refractivity contribution in [3.05, 3.63) is 65.7 Å². The van der Waals surface area contributed by atoms with E-state index in [1.165, 1.54) is 11.1 Å². The Kier molecular flexibility index (Phi) is 2.62. The molecule has 1 heterocycles. The van der Waals surface area contributed by atoms with Crippen LogP contribution in [0.5, 0.6) is 5.75 Å². The normalized spacial score (nSPS) is 18.2. The minimum absolute atomic E-state index is 0.0281. The molecular weight excluding hydrogens is 220 g/mol. The predicted octanol–water partition coefficient (Wildman–Crippen LogP) is 3.97. The molecule has 1 unspecified atom stereocenters. The monoisotopic (exact) mass is 238 g/mol. The van der Waals surface area contributed by atoms with Gasteiger partial charge in [-0.25, -0.2) is 0 Å². The number of rotatable bonds is 2. The molecule has 2 aromatic carbocycles. The minimum atomic E-state index is 0.0281. The van der Waals surface area contributed by atoms with Gasteiger partial charge in [-0.15, -0.1) is 0 Å². The number of benzene rings is 2. The molecule has 0 aromatic heterocycles. The Hall–Kier alpha value is -1.76. The van der Waals surface area contributed by atoms with Crippen LogP contribution in [0, 0.1) is 0 Å². The van der Waals surface area contributed by atoms with Gasteiger partial charge in [-0.2, -0.15) is 0 Å². The van der Waals surface area contributed by atoms with Crippen LogP contribution < -0.4 is 4.74 Å². The van der Waals surface area contributed by atoms with E-state index in [1.807, 2.05) is 6.07 Å². The zero-order valence-electron chi connectivity index (χ0n) is 10.9. The smallest absolute Gasteiger partial charge is 0.123 e. The van der Waals surface area contributed by atoms with Crippen molar-refractivity contribution in [3.63, 3.8) is 0 Å². The lowest BCUT2D eigenvalue weighted by Gasteiger charge is -2.31. The zero-order valence-corrected chi connectivity index (χ0v) is 10.9. The Labute approximate surface area is 108 Å². The molecule has 0 saturated heterocycles. The van der Waals surface area contributed by atoms with Crippen LogP contribution in [-0.2, 0) is 11.8 Å². The van der Waals surface area contributed by atoms with Crippen LogP contribution in [0.4, 0.5) is 0 Å². The summed E-state index contributed by atoms with van der Waals surface area (Å²) >= 11 is 0. The fraction of sp³-hybridized carbons (Fsp3) is 0.294. The molecule has 0 bridgehead atoms. The lowest BCUT2D eigenvalue weighted by Crippen LogP contribution is -2.37. The first-order chi connectivity index (χ1) is 8.68. The van der Waals surface area contributed by atoms with Gasteiger partial charge in [-0.05, 0) is 17.2 Å². The second-order valence-corrected chi connectivity index (χ2v) is 5.51. The molecule has 0 amide bonds. The van der Waals surface area contributed by atoms with Crippen LogP contribution in [0.2, 0.25) is 0 Å². The maximum Gasteiger partial charge on any atom is 0.123 e. The number of fused-ring (bicyclic) bond motifs is 1.